The van der Waals surface area contributed by atoms with Gasteiger partial charge in [0.1, 0.15) is 0 Å². The van der Waals surface area contributed by atoms with Crippen LogP contribution in [-0.4, -0.2) is 0 Å². The van der Waals surface area contributed by atoms with Gasteiger partial charge in [0.05, 0.1) is 0 Å². The summed E-state index contributed by atoms with van der Waals surface area (Å²) in [5.74, 6) is 0. The van der Waals surface area contributed by atoms with Gasteiger partial charge >= 0.3 is 0 Å². The Balaban J connectivity index is 1.93. The van der Waals surface area contributed by atoms with Crippen molar-refractivity contribution in [3.05, 3.63) is 83.9 Å². The lowest BCUT2D eigenvalue weighted by Gasteiger charge is -2.05. The molecule has 0 radical (unpaired) electrons. The van der Waals surface area contributed by atoms with Crippen LogP contribution >= 0.6 is 12.6 Å². The van der Waals surface area contributed by atoms with E-state index in [0.717, 1.165) is 6.42 Å². The zero-order chi connectivity index (χ0) is 11.9. The number of thiol groups is 1. The molecule has 1 unspecified atom stereocenters. The topological polar surface area (TPSA) is 0 Å². The van der Waals surface area contributed by atoms with E-state index in [1.54, 1.807) is 0 Å². The van der Waals surface area contributed by atoms with Gasteiger partial charge in [0.15, 0.2) is 0 Å². The van der Waals surface area contributed by atoms with Gasteiger partial charge in [0.25, 0.3) is 0 Å². The van der Waals surface area contributed by atoms with Gasteiger partial charge in [-0.2, -0.15) is 12.6 Å². The summed E-state index contributed by atoms with van der Waals surface area (Å²) >= 11 is 4.58. The van der Waals surface area contributed by atoms with Crippen LogP contribution in [0, 0.1) is 0 Å². The predicted molar refractivity (Wildman–Crippen MR) is 77.5 cm³/mol. The zero-order valence-electron chi connectivity index (χ0n) is 9.66. The average Bonchev–Trinajstić information content (AvgIpc) is 2.41. The third-order valence-electron chi connectivity index (χ3n) is 2.66. The molecule has 0 nitrogen and oxygen atoms in total. The smallest absolute Gasteiger partial charge is 0.0447 e. The number of rotatable bonds is 4. The van der Waals surface area contributed by atoms with E-state index in [1.807, 2.05) is 24.3 Å². The molecule has 0 saturated heterocycles. The molecule has 2 rings (SSSR count). The maximum Gasteiger partial charge on any atom is 0.0447 e. The van der Waals surface area contributed by atoms with E-state index in [2.05, 4.69) is 61.2 Å². The van der Waals surface area contributed by atoms with Gasteiger partial charge in [-0.25, -0.2) is 0 Å². The van der Waals surface area contributed by atoms with Gasteiger partial charge in [-0.1, -0.05) is 72.8 Å². The van der Waals surface area contributed by atoms with Crippen LogP contribution in [0.4, 0.5) is 0 Å². The first-order valence-corrected chi connectivity index (χ1v) is 6.31. The third-order valence-corrected chi connectivity index (χ3v) is 3.13. The van der Waals surface area contributed by atoms with Gasteiger partial charge in [-0.05, 0) is 17.5 Å². The van der Waals surface area contributed by atoms with Crippen molar-refractivity contribution in [3.63, 3.8) is 0 Å². The molecule has 1 atom stereocenters. The van der Waals surface area contributed by atoms with E-state index in [1.165, 1.54) is 11.1 Å². The molecule has 0 aliphatic carbocycles. The molecular weight excluding hydrogens is 224 g/mol. The maximum atomic E-state index is 4.58. The number of allylic oxidation sites excluding steroid dienone is 1. The number of hydrogen-bond donors (Lipinski definition) is 1. The van der Waals surface area contributed by atoms with E-state index in [4.69, 9.17) is 0 Å². The minimum Gasteiger partial charge on any atom is -0.167 e. The Labute approximate surface area is 108 Å². The molecular formula is C16H16S. The van der Waals surface area contributed by atoms with Crippen LogP contribution in [-0.2, 0) is 6.42 Å². The van der Waals surface area contributed by atoms with Crippen molar-refractivity contribution in [2.75, 3.05) is 0 Å². The summed E-state index contributed by atoms with van der Waals surface area (Å²) in [6.45, 7) is 0. The second kappa shape index (κ2) is 6.31. The highest BCUT2D eigenvalue weighted by Crippen LogP contribution is 2.20. The first-order valence-electron chi connectivity index (χ1n) is 5.80. The fourth-order valence-corrected chi connectivity index (χ4v) is 2.00. The van der Waals surface area contributed by atoms with Crippen molar-refractivity contribution in [2.24, 2.45) is 0 Å². The minimum absolute atomic E-state index is 0.180. The molecule has 0 spiro atoms. The van der Waals surface area contributed by atoms with Gasteiger partial charge in [-0.15, -0.1) is 0 Å². The summed E-state index contributed by atoms with van der Waals surface area (Å²) in [5, 5.41) is 0.180. The lowest BCUT2D eigenvalue weighted by atomic mass is 10.1. The maximum absolute atomic E-state index is 4.58. The average molecular weight is 240 g/mol. The van der Waals surface area contributed by atoms with E-state index < -0.39 is 0 Å². The molecule has 0 N–H and O–H groups in total. The molecule has 0 saturated carbocycles. The second-order valence-corrected chi connectivity index (χ2v) is 4.53. The first-order chi connectivity index (χ1) is 8.36. The summed E-state index contributed by atoms with van der Waals surface area (Å²) in [6, 6.07) is 20.8. The van der Waals surface area contributed by atoms with Crippen LogP contribution in [0.25, 0.3) is 0 Å². The van der Waals surface area contributed by atoms with Crippen LogP contribution in [0.5, 0.6) is 0 Å². The van der Waals surface area contributed by atoms with Crippen LogP contribution in [0.2, 0.25) is 0 Å². The quantitative estimate of drug-likeness (QED) is 0.592. The van der Waals surface area contributed by atoms with Crippen molar-refractivity contribution in [2.45, 2.75) is 11.7 Å². The monoisotopic (exact) mass is 240 g/mol. The molecule has 0 aromatic heterocycles. The molecule has 17 heavy (non-hydrogen) atoms. The fraction of sp³-hybridized carbons (Fsp3) is 0.125. The Morgan fingerprint density at radius 2 is 1.47 bits per heavy atom. The van der Waals surface area contributed by atoms with Gasteiger partial charge in [-0.3, -0.25) is 0 Å². The van der Waals surface area contributed by atoms with Crippen LogP contribution < -0.4 is 0 Å². The number of benzene rings is 2. The highest BCUT2D eigenvalue weighted by molar-refractivity contribution is 7.80. The van der Waals surface area contributed by atoms with Crippen molar-refractivity contribution in [1.82, 2.24) is 0 Å². The van der Waals surface area contributed by atoms with Crippen molar-refractivity contribution >= 4 is 12.6 Å². The molecule has 2 aromatic carbocycles. The molecule has 0 bridgehead atoms. The Morgan fingerprint density at radius 1 is 0.882 bits per heavy atom. The molecule has 0 aliphatic heterocycles. The SMILES string of the molecule is SC(C=CCc1ccccc1)c1ccccc1. The summed E-state index contributed by atoms with van der Waals surface area (Å²) in [5.41, 5.74) is 2.57. The molecule has 86 valence electrons. The first kappa shape index (κ1) is 12.0. The Morgan fingerprint density at radius 3 is 2.12 bits per heavy atom. The van der Waals surface area contributed by atoms with Crippen LogP contribution in [0.3, 0.4) is 0 Å². The Bertz CT molecular complexity index is 459. The van der Waals surface area contributed by atoms with Crippen molar-refractivity contribution < 1.29 is 0 Å². The third kappa shape index (κ3) is 3.79. The highest BCUT2D eigenvalue weighted by atomic mass is 32.1. The molecule has 2 aromatic rings. The molecule has 0 heterocycles. The van der Waals surface area contributed by atoms with Gasteiger partial charge in [0, 0.05) is 5.25 Å². The van der Waals surface area contributed by atoms with E-state index in [9.17, 15) is 0 Å². The minimum atomic E-state index is 0.180. The standard InChI is InChI=1S/C16H16S/c17-16(15-11-5-2-6-12-15)13-7-10-14-8-3-1-4-9-14/h1-9,11-13,16-17H,10H2. The molecule has 0 aliphatic rings. The Kier molecular flexibility index (Phi) is 4.45. The molecule has 0 amide bonds. The fourth-order valence-electron chi connectivity index (χ4n) is 1.71. The van der Waals surface area contributed by atoms with E-state index in [0.29, 0.717) is 0 Å². The highest BCUT2D eigenvalue weighted by Gasteiger charge is 1.99. The lowest BCUT2D eigenvalue weighted by molar-refractivity contribution is 1.19. The van der Waals surface area contributed by atoms with Crippen LogP contribution in [0.1, 0.15) is 16.4 Å². The van der Waals surface area contributed by atoms with E-state index in [-0.39, 0.29) is 5.25 Å². The largest absolute Gasteiger partial charge is 0.167 e. The summed E-state index contributed by atoms with van der Waals surface area (Å²) < 4.78 is 0. The summed E-state index contributed by atoms with van der Waals surface area (Å²) in [7, 11) is 0. The van der Waals surface area contributed by atoms with Crippen LogP contribution in [0.15, 0.2) is 72.8 Å². The van der Waals surface area contributed by atoms with E-state index >= 15 is 0 Å². The van der Waals surface area contributed by atoms with Gasteiger partial charge < -0.3 is 0 Å². The molecule has 0 fully saturated rings. The predicted octanol–water partition coefficient (Wildman–Crippen LogP) is 4.46. The Hall–Kier alpha value is -1.47. The van der Waals surface area contributed by atoms with Gasteiger partial charge in [0.2, 0.25) is 0 Å². The number of hydrogen-bond acceptors (Lipinski definition) is 1. The lowest BCUT2D eigenvalue weighted by Crippen LogP contribution is -1.86. The summed E-state index contributed by atoms with van der Waals surface area (Å²) in [4.78, 5) is 0. The van der Waals surface area contributed by atoms with Crippen molar-refractivity contribution in [3.8, 4) is 0 Å². The van der Waals surface area contributed by atoms with Crippen molar-refractivity contribution in [1.29, 1.82) is 0 Å². The zero-order valence-corrected chi connectivity index (χ0v) is 10.6. The second-order valence-electron chi connectivity index (χ2n) is 3.97. The summed E-state index contributed by atoms with van der Waals surface area (Å²) in [6.07, 6.45) is 5.29. The molecule has 1 heteroatoms. The normalized spacial score (nSPS) is 12.8.